The maximum absolute atomic E-state index is 5.98. The molecule has 0 aliphatic carbocycles. The number of rotatable bonds is 9. The largest absolute Gasteiger partial charge is 0.493 e. The van der Waals surface area contributed by atoms with Gasteiger partial charge in [-0.1, -0.05) is 18.2 Å². The van der Waals surface area contributed by atoms with Crippen molar-refractivity contribution in [2.24, 2.45) is 4.99 Å². The number of nitrogens with one attached hydrogen (secondary N) is 2. The molecule has 9 heteroatoms. The van der Waals surface area contributed by atoms with E-state index in [-0.39, 0.29) is 30.1 Å². The first-order chi connectivity index (χ1) is 14.2. The van der Waals surface area contributed by atoms with Gasteiger partial charge in [-0.3, -0.25) is 0 Å². The molecule has 0 fully saturated rings. The zero-order chi connectivity index (χ0) is 20.5. The zero-order valence-corrected chi connectivity index (χ0v) is 20.4. The summed E-state index contributed by atoms with van der Waals surface area (Å²) in [7, 11) is 1.63. The molecule has 2 aromatic heterocycles. The van der Waals surface area contributed by atoms with Gasteiger partial charge in [0, 0.05) is 6.54 Å². The molecule has 0 aliphatic heterocycles. The molecule has 30 heavy (non-hydrogen) atoms. The second-order valence-electron chi connectivity index (χ2n) is 6.28. The van der Waals surface area contributed by atoms with E-state index in [2.05, 4.69) is 20.6 Å². The molecule has 7 nitrogen and oxygen atoms in total. The molecule has 0 saturated heterocycles. The van der Waals surface area contributed by atoms with Crippen molar-refractivity contribution in [3.8, 4) is 22.3 Å². The Morgan fingerprint density at radius 3 is 2.70 bits per heavy atom. The Morgan fingerprint density at radius 2 is 2.00 bits per heavy atom. The molecule has 3 rings (SSSR count). The number of oxazole rings is 1. The Balaban J connectivity index is 0.00000320. The zero-order valence-electron chi connectivity index (χ0n) is 17.3. The summed E-state index contributed by atoms with van der Waals surface area (Å²) >= 11 is 1.60. The number of guanidine groups is 1. The standard InChI is InChI=1S/C21H26N4O3S.HI/c1-4-22-21(23-12-15(2)28-18-9-6-5-8-17(18)26-3)24-13-16-14-27-20(25-16)19-10-7-11-29-19;/h5-11,14-15H,4,12-13H2,1-3H3,(H2,22,23,24);1H. The SMILES string of the molecule is CCNC(=NCc1coc(-c2cccs2)n1)NCC(C)Oc1ccccc1OC.I. The Labute approximate surface area is 197 Å². The number of nitrogens with zero attached hydrogens (tertiary/aromatic N) is 2. The third-order valence-electron chi connectivity index (χ3n) is 3.98. The van der Waals surface area contributed by atoms with Crippen molar-refractivity contribution in [1.29, 1.82) is 0 Å². The van der Waals surface area contributed by atoms with Gasteiger partial charge in [-0.15, -0.1) is 35.3 Å². The highest BCUT2D eigenvalue weighted by molar-refractivity contribution is 14.0. The van der Waals surface area contributed by atoms with Gasteiger partial charge >= 0.3 is 0 Å². The van der Waals surface area contributed by atoms with Crippen molar-refractivity contribution in [2.45, 2.75) is 26.5 Å². The summed E-state index contributed by atoms with van der Waals surface area (Å²) in [6, 6.07) is 11.6. The quantitative estimate of drug-likeness (QED) is 0.235. The van der Waals surface area contributed by atoms with Crippen LogP contribution in [0.5, 0.6) is 11.5 Å². The summed E-state index contributed by atoms with van der Waals surface area (Å²) in [6.45, 7) is 5.78. The number of hydrogen-bond donors (Lipinski definition) is 2. The van der Waals surface area contributed by atoms with Crippen LogP contribution < -0.4 is 20.1 Å². The number of halogens is 1. The molecule has 0 spiro atoms. The molecule has 2 N–H and O–H groups in total. The number of aliphatic imine (C=N–C) groups is 1. The maximum atomic E-state index is 5.98. The van der Waals surface area contributed by atoms with Crippen LogP contribution in [0.15, 0.2) is 57.5 Å². The molecule has 0 amide bonds. The van der Waals surface area contributed by atoms with Crippen LogP contribution >= 0.6 is 35.3 Å². The fourth-order valence-corrected chi connectivity index (χ4v) is 3.27. The van der Waals surface area contributed by atoms with E-state index in [0.717, 1.165) is 22.9 Å². The van der Waals surface area contributed by atoms with Gasteiger partial charge < -0.3 is 24.5 Å². The number of benzene rings is 1. The molecular formula is C21H27IN4O3S. The fourth-order valence-electron chi connectivity index (χ4n) is 2.61. The average molecular weight is 542 g/mol. The first-order valence-corrected chi connectivity index (χ1v) is 10.4. The first-order valence-electron chi connectivity index (χ1n) is 9.49. The summed E-state index contributed by atoms with van der Waals surface area (Å²) in [6.07, 6.45) is 1.57. The van der Waals surface area contributed by atoms with E-state index in [9.17, 15) is 0 Å². The van der Waals surface area contributed by atoms with Crippen molar-refractivity contribution in [3.63, 3.8) is 0 Å². The lowest BCUT2D eigenvalue weighted by molar-refractivity contribution is 0.213. The Hall–Kier alpha value is -2.27. The second-order valence-corrected chi connectivity index (χ2v) is 7.22. The minimum absolute atomic E-state index is 0. The Kier molecular flexibility index (Phi) is 9.95. The summed E-state index contributed by atoms with van der Waals surface area (Å²) in [5, 5.41) is 8.53. The predicted molar refractivity (Wildman–Crippen MR) is 131 cm³/mol. The summed E-state index contributed by atoms with van der Waals surface area (Å²) in [5.74, 6) is 2.76. The maximum Gasteiger partial charge on any atom is 0.236 e. The third kappa shape index (κ3) is 6.91. The monoisotopic (exact) mass is 542 g/mol. The topological polar surface area (TPSA) is 80.9 Å². The van der Waals surface area contributed by atoms with E-state index in [1.54, 1.807) is 24.7 Å². The van der Waals surface area contributed by atoms with Gasteiger partial charge in [-0.05, 0) is 37.4 Å². The molecule has 0 saturated carbocycles. The van der Waals surface area contributed by atoms with Crippen molar-refractivity contribution in [3.05, 3.63) is 53.7 Å². The van der Waals surface area contributed by atoms with Crippen LogP contribution in [0, 0.1) is 0 Å². The molecular weight excluding hydrogens is 515 g/mol. The number of para-hydroxylation sites is 2. The molecule has 0 radical (unpaired) electrons. The van der Waals surface area contributed by atoms with Gasteiger partial charge in [0.25, 0.3) is 0 Å². The summed E-state index contributed by atoms with van der Waals surface area (Å²) < 4.78 is 16.9. The van der Waals surface area contributed by atoms with E-state index in [1.807, 2.05) is 55.6 Å². The lowest BCUT2D eigenvalue weighted by atomic mass is 10.3. The van der Waals surface area contributed by atoms with Crippen LogP contribution in [0.1, 0.15) is 19.5 Å². The number of methoxy groups -OCH3 is 1. The first kappa shape index (κ1) is 24.0. The Morgan fingerprint density at radius 1 is 1.20 bits per heavy atom. The minimum atomic E-state index is -0.0763. The molecule has 162 valence electrons. The van der Waals surface area contributed by atoms with Gasteiger partial charge in [-0.25, -0.2) is 9.98 Å². The molecule has 3 aromatic rings. The lowest BCUT2D eigenvalue weighted by Gasteiger charge is -2.18. The third-order valence-corrected chi connectivity index (χ3v) is 4.84. The Bertz CT molecular complexity index is 915. The highest BCUT2D eigenvalue weighted by Gasteiger charge is 2.10. The van der Waals surface area contributed by atoms with Crippen molar-refractivity contribution in [1.82, 2.24) is 15.6 Å². The predicted octanol–water partition coefficient (Wildman–Crippen LogP) is 4.55. The molecule has 0 aliphatic rings. The van der Waals surface area contributed by atoms with E-state index in [0.29, 0.717) is 30.7 Å². The smallest absolute Gasteiger partial charge is 0.236 e. The summed E-state index contributed by atoms with van der Waals surface area (Å²) in [5.41, 5.74) is 0.781. The lowest BCUT2D eigenvalue weighted by Crippen LogP contribution is -2.41. The van der Waals surface area contributed by atoms with Crippen LogP contribution in [0.3, 0.4) is 0 Å². The molecule has 2 heterocycles. The van der Waals surface area contributed by atoms with Gasteiger partial charge in [0.2, 0.25) is 5.89 Å². The molecule has 1 atom stereocenters. The fraction of sp³-hybridized carbons (Fsp3) is 0.333. The highest BCUT2D eigenvalue weighted by atomic mass is 127. The van der Waals surface area contributed by atoms with Gasteiger partial charge in [0.05, 0.1) is 25.1 Å². The summed E-state index contributed by atoms with van der Waals surface area (Å²) in [4.78, 5) is 10.1. The molecule has 0 bridgehead atoms. The van der Waals surface area contributed by atoms with Crippen molar-refractivity contribution in [2.75, 3.05) is 20.2 Å². The van der Waals surface area contributed by atoms with Crippen LogP contribution in [0.2, 0.25) is 0 Å². The van der Waals surface area contributed by atoms with Crippen molar-refractivity contribution >= 4 is 41.3 Å². The number of thiophene rings is 1. The van der Waals surface area contributed by atoms with E-state index in [4.69, 9.17) is 13.9 Å². The number of aromatic nitrogens is 1. The van der Waals surface area contributed by atoms with Gasteiger partial charge in [0.15, 0.2) is 17.5 Å². The molecule has 1 unspecified atom stereocenters. The number of hydrogen-bond acceptors (Lipinski definition) is 6. The van der Waals surface area contributed by atoms with Crippen LogP contribution in [0.4, 0.5) is 0 Å². The van der Waals surface area contributed by atoms with E-state index >= 15 is 0 Å². The second kappa shape index (κ2) is 12.4. The van der Waals surface area contributed by atoms with E-state index < -0.39 is 0 Å². The van der Waals surface area contributed by atoms with Crippen molar-refractivity contribution < 1.29 is 13.9 Å². The minimum Gasteiger partial charge on any atom is -0.493 e. The highest BCUT2D eigenvalue weighted by Crippen LogP contribution is 2.26. The van der Waals surface area contributed by atoms with Gasteiger partial charge in [-0.2, -0.15) is 0 Å². The number of ether oxygens (including phenoxy) is 2. The van der Waals surface area contributed by atoms with Crippen LogP contribution in [-0.2, 0) is 6.54 Å². The van der Waals surface area contributed by atoms with Gasteiger partial charge in [0.1, 0.15) is 18.1 Å². The van der Waals surface area contributed by atoms with Crippen LogP contribution in [0.25, 0.3) is 10.8 Å². The normalized spacial score (nSPS) is 12.0. The van der Waals surface area contributed by atoms with E-state index in [1.165, 1.54) is 0 Å². The molecule has 1 aromatic carbocycles. The van der Waals surface area contributed by atoms with Crippen LogP contribution in [-0.4, -0.2) is 37.2 Å². The average Bonchev–Trinajstić information content (AvgIpc) is 3.42.